The fourth-order valence-corrected chi connectivity index (χ4v) is 1.59. The van der Waals surface area contributed by atoms with Gasteiger partial charge in [0.15, 0.2) is 0 Å². The molecule has 0 aliphatic rings. The number of hydrogen-bond donors (Lipinski definition) is 2. The van der Waals surface area contributed by atoms with E-state index in [0.29, 0.717) is 5.69 Å². The number of anilines is 1. The van der Waals surface area contributed by atoms with E-state index in [4.69, 9.17) is 39.5 Å². The standard InChI is InChI=1S/C12H15Cl3N2O2/c1-8(2)19-11(18)17-10(12(13,14)15)16-9-6-4-3-5-7-9/h3-8,10,16H,1-2H3,(H,17,18). The third kappa shape index (κ3) is 6.23. The number of hydrogen-bond acceptors (Lipinski definition) is 3. The van der Waals surface area contributed by atoms with Crippen LogP contribution in [0.5, 0.6) is 0 Å². The Morgan fingerprint density at radius 2 is 1.79 bits per heavy atom. The number of ether oxygens (including phenoxy) is 1. The summed E-state index contributed by atoms with van der Waals surface area (Å²) < 4.78 is 3.23. The third-order valence-electron chi connectivity index (χ3n) is 2.02. The number of alkyl halides is 3. The van der Waals surface area contributed by atoms with Gasteiger partial charge in [-0.1, -0.05) is 53.0 Å². The van der Waals surface area contributed by atoms with Gasteiger partial charge in [-0.15, -0.1) is 0 Å². The van der Waals surface area contributed by atoms with Crippen LogP contribution in [0.3, 0.4) is 0 Å². The van der Waals surface area contributed by atoms with E-state index in [1.54, 1.807) is 26.0 Å². The van der Waals surface area contributed by atoms with Crippen LogP contribution in [0, 0.1) is 0 Å². The number of nitrogens with one attached hydrogen (secondary N) is 2. The largest absolute Gasteiger partial charge is 0.447 e. The lowest BCUT2D eigenvalue weighted by Crippen LogP contribution is -2.49. The summed E-state index contributed by atoms with van der Waals surface area (Å²) in [6, 6.07) is 9.09. The van der Waals surface area contributed by atoms with Crippen molar-refractivity contribution in [1.29, 1.82) is 0 Å². The van der Waals surface area contributed by atoms with Gasteiger partial charge < -0.3 is 10.1 Å². The van der Waals surface area contributed by atoms with Gasteiger partial charge in [0.05, 0.1) is 6.10 Å². The zero-order valence-electron chi connectivity index (χ0n) is 10.5. The topological polar surface area (TPSA) is 50.4 Å². The molecule has 0 aromatic heterocycles. The molecule has 7 heteroatoms. The van der Waals surface area contributed by atoms with Gasteiger partial charge in [0.2, 0.25) is 3.79 Å². The second kappa shape index (κ2) is 7.08. The summed E-state index contributed by atoms with van der Waals surface area (Å²) in [7, 11) is 0. The number of para-hydroxylation sites is 1. The van der Waals surface area contributed by atoms with E-state index >= 15 is 0 Å². The van der Waals surface area contributed by atoms with Crippen molar-refractivity contribution in [3.05, 3.63) is 30.3 Å². The van der Waals surface area contributed by atoms with Crippen LogP contribution in [0.2, 0.25) is 0 Å². The quantitative estimate of drug-likeness (QED) is 0.651. The maximum absolute atomic E-state index is 11.6. The molecule has 1 atom stereocenters. The summed E-state index contributed by atoms with van der Waals surface area (Å²) in [6.45, 7) is 3.46. The molecule has 1 amide bonds. The molecule has 1 aromatic carbocycles. The van der Waals surface area contributed by atoms with Crippen LogP contribution >= 0.6 is 34.8 Å². The third-order valence-corrected chi connectivity index (χ3v) is 2.67. The SMILES string of the molecule is CC(C)OC(=O)NC(Nc1ccccc1)C(Cl)(Cl)Cl. The van der Waals surface area contributed by atoms with Gasteiger partial charge in [-0.3, -0.25) is 5.32 Å². The first-order chi connectivity index (χ1) is 8.79. The van der Waals surface area contributed by atoms with E-state index in [0.717, 1.165) is 0 Å². The van der Waals surface area contributed by atoms with Crippen LogP contribution in [0.4, 0.5) is 10.5 Å². The van der Waals surface area contributed by atoms with Crippen molar-refractivity contribution < 1.29 is 9.53 Å². The van der Waals surface area contributed by atoms with Crippen LogP contribution < -0.4 is 10.6 Å². The van der Waals surface area contributed by atoms with E-state index in [1.807, 2.05) is 18.2 Å². The molecular formula is C12H15Cl3N2O2. The Bertz CT molecular complexity index is 407. The zero-order valence-corrected chi connectivity index (χ0v) is 12.8. The highest BCUT2D eigenvalue weighted by Crippen LogP contribution is 2.31. The van der Waals surface area contributed by atoms with Gasteiger partial charge >= 0.3 is 6.09 Å². The molecule has 1 aromatic rings. The summed E-state index contributed by atoms with van der Waals surface area (Å²) >= 11 is 17.5. The van der Waals surface area contributed by atoms with Gasteiger partial charge in [0.1, 0.15) is 6.17 Å². The van der Waals surface area contributed by atoms with Crippen LogP contribution in [-0.2, 0) is 4.74 Å². The Morgan fingerprint density at radius 1 is 1.21 bits per heavy atom. The molecule has 0 saturated heterocycles. The van der Waals surface area contributed by atoms with E-state index in [2.05, 4.69) is 10.6 Å². The first-order valence-electron chi connectivity index (χ1n) is 5.64. The number of alkyl carbamates (subject to hydrolysis) is 1. The lowest BCUT2D eigenvalue weighted by atomic mass is 10.3. The normalized spacial score (nSPS) is 12.9. The molecule has 0 heterocycles. The molecule has 0 fully saturated rings. The second-order valence-corrected chi connectivity index (χ2v) is 6.45. The smallest absolute Gasteiger partial charge is 0.409 e. The Hall–Kier alpha value is -0.840. The Balaban J connectivity index is 2.71. The number of amides is 1. The zero-order chi connectivity index (χ0) is 14.5. The Labute approximate surface area is 127 Å². The number of carbonyl (C=O) groups excluding carboxylic acids is 1. The molecule has 1 rings (SSSR count). The van der Waals surface area contributed by atoms with Gasteiger partial charge in [0, 0.05) is 5.69 Å². The lowest BCUT2D eigenvalue weighted by Gasteiger charge is -2.27. The van der Waals surface area contributed by atoms with Gasteiger partial charge in [-0.2, -0.15) is 0 Å². The van der Waals surface area contributed by atoms with Crippen LogP contribution in [0.25, 0.3) is 0 Å². The molecule has 0 aliphatic carbocycles. The molecule has 0 spiro atoms. The molecule has 1 unspecified atom stereocenters. The van der Waals surface area contributed by atoms with Gasteiger partial charge in [-0.05, 0) is 26.0 Å². The minimum atomic E-state index is -1.72. The van der Waals surface area contributed by atoms with E-state index < -0.39 is 16.1 Å². The van der Waals surface area contributed by atoms with Crippen molar-refractivity contribution in [2.24, 2.45) is 0 Å². The van der Waals surface area contributed by atoms with Crippen LogP contribution in [0.15, 0.2) is 30.3 Å². The highest BCUT2D eigenvalue weighted by Gasteiger charge is 2.34. The first-order valence-corrected chi connectivity index (χ1v) is 6.78. The average molecular weight is 326 g/mol. The Morgan fingerprint density at radius 3 is 2.26 bits per heavy atom. The fourth-order valence-electron chi connectivity index (χ4n) is 1.27. The summed E-state index contributed by atoms with van der Waals surface area (Å²) in [6.07, 6.45) is -1.83. The summed E-state index contributed by atoms with van der Waals surface area (Å²) in [5, 5.41) is 5.38. The molecular weight excluding hydrogens is 311 g/mol. The molecule has 0 saturated carbocycles. The number of benzene rings is 1. The second-order valence-electron chi connectivity index (χ2n) is 4.08. The maximum atomic E-state index is 11.6. The number of rotatable bonds is 4. The predicted molar refractivity (Wildman–Crippen MR) is 78.9 cm³/mol. The summed E-state index contributed by atoms with van der Waals surface area (Å²) in [4.78, 5) is 11.6. The summed E-state index contributed by atoms with van der Waals surface area (Å²) in [5.41, 5.74) is 0.712. The van der Waals surface area contributed by atoms with Crippen molar-refractivity contribution >= 4 is 46.6 Å². The molecule has 2 N–H and O–H groups in total. The maximum Gasteiger partial charge on any atom is 0.409 e. The Kier molecular flexibility index (Phi) is 6.04. The molecule has 0 bridgehead atoms. The highest BCUT2D eigenvalue weighted by molar-refractivity contribution is 6.68. The van der Waals surface area contributed by atoms with E-state index in [-0.39, 0.29) is 6.10 Å². The monoisotopic (exact) mass is 324 g/mol. The van der Waals surface area contributed by atoms with E-state index in [9.17, 15) is 4.79 Å². The van der Waals surface area contributed by atoms with Crippen LogP contribution in [-0.4, -0.2) is 22.2 Å². The minimum Gasteiger partial charge on any atom is -0.447 e. The number of carbonyl (C=O) groups is 1. The average Bonchev–Trinajstić information content (AvgIpc) is 2.27. The van der Waals surface area contributed by atoms with Crippen molar-refractivity contribution in [2.75, 3.05) is 5.32 Å². The molecule has 4 nitrogen and oxygen atoms in total. The van der Waals surface area contributed by atoms with Gasteiger partial charge in [-0.25, -0.2) is 4.79 Å². The molecule has 106 valence electrons. The lowest BCUT2D eigenvalue weighted by molar-refractivity contribution is 0.113. The van der Waals surface area contributed by atoms with E-state index in [1.165, 1.54) is 0 Å². The van der Waals surface area contributed by atoms with Crippen molar-refractivity contribution in [2.45, 2.75) is 29.9 Å². The molecule has 0 radical (unpaired) electrons. The minimum absolute atomic E-state index is 0.257. The predicted octanol–water partition coefficient (Wildman–Crippen LogP) is 3.93. The van der Waals surface area contributed by atoms with Crippen molar-refractivity contribution in [3.63, 3.8) is 0 Å². The molecule has 19 heavy (non-hydrogen) atoms. The van der Waals surface area contributed by atoms with Crippen LogP contribution in [0.1, 0.15) is 13.8 Å². The van der Waals surface area contributed by atoms with Crippen molar-refractivity contribution in [1.82, 2.24) is 5.32 Å². The summed E-state index contributed by atoms with van der Waals surface area (Å²) in [5.74, 6) is 0. The molecule has 0 aliphatic heterocycles. The number of halogens is 3. The van der Waals surface area contributed by atoms with Gasteiger partial charge in [0.25, 0.3) is 0 Å². The van der Waals surface area contributed by atoms with Crippen molar-refractivity contribution in [3.8, 4) is 0 Å². The highest BCUT2D eigenvalue weighted by atomic mass is 35.6. The first kappa shape index (κ1) is 16.2. The fraction of sp³-hybridized carbons (Fsp3) is 0.417.